The molecule has 1 fully saturated rings. The Morgan fingerprint density at radius 2 is 2.29 bits per heavy atom. The molecule has 0 atom stereocenters. The Morgan fingerprint density at radius 3 is 2.82 bits per heavy atom. The first-order chi connectivity index (χ1) is 8.35. The number of hydrogen-bond donors (Lipinski definition) is 1. The smallest absolute Gasteiger partial charge is 0.128 e. The van der Waals surface area contributed by atoms with Gasteiger partial charge in [-0.25, -0.2) is 4.98 Å². The minimum atomic E-state index is 0.674. The van der Waals surface area contributed by atoms with Crippen molar-refractivity contribution in [1.29, 1.82) is 0 Å². The fraction of sp³-hybridized carbons (Fsp3) is 0.615. The van der Waals surface area contributed by atoms with Gasteiger partial charge >= 0.3 is 0 Å². The van der Waals surface area contributed by atoms with Gasteiger partial charge in [0.25, 0.3) is 0 Å². The van der Waals surface area contributed by atoms with E-state index in [1.54, 1.807) is 7.11 Å². The second kappa shape index (κ2) is 5.98. The van der Waals surface area contributed by atoms with Crippen LogP contribution in [0.25, 0.3) is 0 Å². The van der Waals surface area contributed by atoms with Crippen molar-refractivity contribution in [2.45, 2.75) is 25.4 Å². The molecule has 0 amide bonds. The van der Waals surface area contributed by atoms with E-state index in [1.165, 1.54) is 18.4 Å². The molecule has 0 bridgehead atoms. The zero-order valence-electron chi connectivity index (χ0n) is 10.6. The minimum absolute atomic E-state index is 0.674. The largest absolute Gasteiger partial charge is 0.383 e. The SMILES string of the molecule is CNCc1ccc(N(CCOC)C2CC2)nc1. The number of nitrogens with one attached hydrogen (secondary N) is 1. The van der Waals surface area contributed by atoms with Gasteiger partial charge in [0, 0.05) is 32.4 Å². The van der Waals surface area contributed by atoms with Crippen molar-refractivity contribution < 1.29 is 4.74 Å². The molecule has 1 heterocycles. The van der Waals surface area contributed by atoms with Gasteiger partial charge in [-0.3, -0.25) is 0 Å². The van der Waals surface area contributed by atoms with Crippen molar-refractivity contribution >= 4 is 5.82 Å². The van der Waals surface area contributed by atoms with Crippen LogP contribution in [0.5, 0.6) is 0 Å². The molecule has 1 aromatic rings. The zero-order chi connectivity index (χ0) is 12.1. The van der Waals surface area contributed by atoms with Crippen molar-refractivity contribution in [2.24, 2.45) is 0 Å². The Labute approximate surface area is 103 Å². The van der Waals surface area contributed by atoms with Gasteiger partial charge in [0.05, 0.1) is 6.61 Å². The average Bonchev–Trinajstić information content (AvgIpc) is 3.16. The lowest BCUT2D eigenvalue weighted by molar-refractivity contribution is 0.204. The lowest BCUT2D eigenvalue weighted by Gasteiger charge is -2.23. The van der Waals surface area contributed by atoms with Crippen LogP contribution in [0.15, 0.2) is 18.3 Å². The number of methoxy groups -OCH3 is 1. The maximum absolute atomic E-state index is 5.15. The number of hydrogen-bond acceptors (Lipinski definition) is 4. The summed E-state index contributed by atoms with van der Waals surface area (Å²) in [6.45, 7) is 2.56. The number of rotatable bonds is 7. The van der Waals surface area contributed by atoms with Crippen molar-refractivity contribution in [3.63, 3.8) is 0 Å². The highest BCUT2D eigenvalue weighted by Gasteiger charge is 2.29. The van der Waals surface area contributed by atoms with E-state index in [0.717, 1.165) is 25.5 Å². The monoisotopic (exact) mass is 235 g/mol. The van der Waals surface area contributed by atoms with E-state index in [0.29, 0.717) is 6.04 Å². The summed E-state index contributed by atoms with van der Waals surface area (Å²) >= 11 is 0. The molecule has 0 aromatic carbocycles. The van der Waals surface area contributed by atoms with E-state index in [-0.39, 0.29) is 0 Å². The second-order valence-corrected chi connectivity index (χ2v) is 4.47. The average molecular weight is 235 g/mol. The standard InChI is InChI=1S/C13H21N3O/c1-14-9-11-3-6-13(15-10-11)16(7-8-17-2)12-4-5-12/h3,6,10,12,14H,4-5,7-9H2,1-2H3. The summed E-state index contributed by atoms with van der Waals surface area (Å²) in [6.07, 6.45) is 4.52. The van der Waals surface area contributed by atoms with E-state index in [4.69, 9.17) is 4.74 Å². The molecule has 94 valence electrons. The molecule has 0 radical (unpaired) electrons. The van der Waals surface area contributed by atoms with Crippen molar-refractivity contribution in [3.8, 4) is 0 Å². The second-order valence-electron chi connectivity index (χ2n) is 4.47. The topological polar surface area (TPSA) is 37.4 Å². The molecule has 0 saturated heterocycles. The van der Waals surface area contributed by atoms with Crippen molar-refractivity contribution in [2.75, 3.05) is 32.2 Å². The highest BCUT2D eigenvalue weighted by atomic mass is 16.5. The molecule has 4 heteroatoms. The van der Waals surface area contributed by atoms with Gasteiger partial charge in [-0.2, -0.15) is 0 Å². The van der Waals surface area contributed by atoms with Crippen LogP contribution in [-0.2, 0) is 11.3 Å². The molecule has 1 N–H and O–H groups in total. The Balaban J connectivity index is 2.01. The van der Waals surface area contributed by atoms with Crippen LogP contribution in [0.2, 0.25) is 0 Å². The summed E-state index contributed by atoms with van der Waals surface area (Å²) in [6, 6.07) is 4.93. The van der Waals surface area contributed by atoms with Crippen molar-refractivity contribution in [1.82, 2.24) is 10.3 Å². The maximum Gasteiger partial charge on any atom is 0.128 e. The molecular formula is C13H21N3O. The predicted octanol–water partition coefficient (Wildman–Crippen LogP) is 1.42. The number of ether oxygens (including phenoxy) is 1. The van der Waals surface area contributed by atoms with Gasteiger partial charge in [0.15, 0.2) is 0 Å². The van der Waals surface area contributed by atoms with Gasteiger partial charge < -0.3 is 15.0 Å². The van der Waals surface area contributed by atoms with E-state index in [1.807, 2.05) is 13.2 Å². The number of anilines is 1. The Morgan fingerprint density at radius 1 is 1.47 bits per heavy atom. The Hall–Kier alpha value is -1.13. The predicted molar refractivity (Wildman–Crippen MR) is 69.2 cm³/mol. The van der Waals surface area contributed by atoms with Gasteiger partial charge in [0.2, 0.25) is 0 Å². The first-order valence-electron chi connectivity index (χ1n) is 6.20. The zero-order valence-corrected chi connectivity index (χ0v) is 10.6. The van der Waals surface area contributed by atoms with Gasteiger partial charge in [-0.15, -0.1) is 0 Å². The van der Waals surface area contributed by atoms with Crippen LogP contribution in [0.1, 0.15) is 18.4 Å². The molecule has 0 unspecified atom stereocenters. The van der Waals surface area contributed by atoms with Gasteiger partial charge in [0.1, 0.15) is 5.82 Å². The lowest BCUT2D eigenvalue weighted by Crippen LogP contribution is -2.30. The van der Waals surface area contributed by atoms with Gasteiger partial charge in [-0.05, 0) is 31.5 Å². The molecule has 2 rings (SSSR count). The molecule has 0 aliphatic heterocycles. The summed E-state index contributed by atoms with van der Waals surface area (Å²) in [4.78, 5) is 6.90. The number of nitrogens with zero attached hydrogens (tertiary/aromatic N) is 2. The summed E-state index contributed by atoms with van der Waals surface area (Å²) in [5.41, 5.74) is 1.22. The Bertz CT molecular complexity index is 335. The fourth-order valence-electron chi connectivity index (χ4n) is 1.96. The quantitative estimate of drug-likeness (QED) is 0.775. The van der Waals surface area contributed by atoms with Crippen LogP contribution in [-0.4, -0.2) is 38.3 Å². The van der Waals surface area contributed by atoms with Crippen LogP contribution in [0.3, 0.4) is 0 Å². The van der Waals surface area contributed by atoms with Crippen molar-refractivity contribution in [3.05, 3.63) is 23.9 Å². The minimum Gasteiger partial charge on any atom is -0.383 e. The fourth-order valence-corrected chi connectivity index (χ4v) is 1.96. The molecule has 1 aromatic heterocycles. The van der Waals surface area contributed by atoms with Crippen LogP contribution >= 0.6 is 0 Å². The maximum atomic E-state index is 5.15. The summed E-state index contributed by atoms with van der Waals surface area (Å²) in [5.74, 6) is 1.07. The molecule has 17 heavy (non-hydrogen) atoms. The van der Waals surface area contributed by atoms with Gasteiger partial charge in [-0.1, -0.05) is 6.07 Å². The molecule has 0 spiro atoms. The molecule has 1 aliphatic rings. The molecular weight excluding hydrogens is 214 g/mol. The summed E-state index contributed by atoms with van der Waals surface area (Å²) in [7, 11) is 3.69. The van der Waals surface area contributed by atoms with E-state index < -0.39 is 0 Å². The van der Waals surface area contributed by atoms with E-state index >= 15 is 0 Å². The highest BCUT2D eigenvalue weighted by Crippen LogP contribution is 2.30. The highest BCUT2D eigenvalue weighted by molar-refractivity contribution is 5.42. The molecule has 1 saturated carbocycles. The first-order valence-corrected chi connectivity index (χ1v) is 6.20. The number of pyridine rings is 1. The van der Waals surface area contributed by atoms with Crippen LogP contribution in [0.4, 0.5) is 5.82 Å². The third kappa shape index (κ3) is 3.41. The number of aromatic nitrogens is 1. The third-order valence-corrected chi connectivity index (χ3v) is 3.01. The summed E-state index contributed by atoms with van der Waals surface area (Å²) in [5, 5.41) is 3.13. The Kier molecular flexibility index (Phi) is 4.34. The van der Waals surface area contributed by atoms with E-state index in [2.05, 4.69) is 27.3 Å². The lowest BCUT2D eigenvalue weighted by atomic mass is 10.2. The third-order valence-electron chi connectivity index (χ3n) is 3.01. The van der Waals surface area contributed by atoms with Crippen LogP contribution < -0.4 is 10.2 Å². The molecule has 4 nitrogen and oxygen atoms in total. The normalized spacial score (nSPS) is 14.9. The molecule has 1 aliphatic carbocycles. The summed E-state index contributed by atoms with van der Waals surface area (Å²) < 4.78 is 5.15. The van der Waals surface area contributed by atoms with E-state index in [9.17, 15) is 0 Å². The van der Waals surface area contributed by atoms with Crippen LogP contribution in [0, 0.1) is 0 Å². The first kappa shape index (κ1) is 12.3.